The van der Waals surface area contributed by atoms with Crippen LogP contribution in [0.1, 0.15) is 52.0 Å². The fraction of sp³-hybridized carbons (Fsp3) is 0.818. The molecule has 0 amide bonds. The largest absolute Gasteiger partial charge is 0.391 e. The van der Waals surface area contributed by atoms with Crippen LogP contribution in [-0.2, 0) is 0 Å². The molecular weight excluding hydrogens is 190 g/mol. The summed E-state index contributed by atoms with van der Waals surface area (Å²) in [6, 6.07) is 0.122. The summed E-state index contributed by atoms with van der Waals surface area (Å²) >= 11 is 0. The molecule has 0 fully saturated rings. The highest BCUT2D eigenvalue weighted by molar-refractivity contribution is 4.76. The van der Waals surface area contributed by atoms with Crippen LogP contribution < -0.4 is 0 Å². The van der Waals surface area contributed by atoms with Gasteiger partial charge in [0.25, 0.3) is 0 Å². The maximum absolute atomic E-state index is 9.66. The second kappa shape index (κ2) is 6.56. The minimum absolute atomic E-state index is 0.122. The minimum atomic E-state index is -0.345. The zero-order valence-electron chi connectivity index (χ0n) is 9.63. The number of aliphatic hydroxyl groups excluding tert-OH is 1. The van der Waals surface area contributed by atoms with Crippen molar-refractivity contribution >= 4 is 0 Å². The third-order valence-corrected chi connectivity index (χ3v) is 2.73. The Morgan fingerprint density at radius 3 is 2.40 bits per heavy atom. The van der Waals surface area contributed by atoms with Gasteiger partial charge >= 0.3 is 0 Å². The first-order valence-electron chi connectivity index (χ1n) is 5.78. The number of hydrogen-bond acceptors (Lipinski definition) is 3. The first-order valence-corrected chi connectivity index (χ1v) is 5.78. The van der Waals surface area contributed by atoms with E-state index in [-0.39, 0.29) is 12.1 Å². The predicted molar refractivity (Wildman–Crippen MR) is 59.5 cm³/mol. The summed E-state index contributed by atoms with van der Waals surface area (Å²) < 4.78 is 1.90. The quantitative estimate of drug-likeness (QED) is 0.703. The number of hydrogen-bond donors (Lipinski definition) is 1. The summed E-state index contributed by atoms with van der Waals surface area (Å²) in [5, 5.41) is 17.2. The zero-order valence-corrected chi connectivity index (χ0v) is 9.63. The van der Waals surface area contributed by atoms with Crippen LogP contribution in [0.5, 0.6) is 0 Å². The van der Waals surface area contributed by atoms with Gasteiger partial charge < -0.3 is 9.67 Å². The SMILES string of the molecule is CCCCCC[C@H]([C@H](C)O)n1cnnc1. The first-order chi connectivity index (χ1) is 7.25. The normalized spacial score (nSPS) is 15.1. The number of nitrogens with zero attached hydrogens (tertiary/aromatic N) is 3. The van der Waals surface area contributed by atoms with Crippen molar-refractivity contribution in [2.45, 2.75) is 58.1 Å². The van der Waals surface area contributed by atoms with Crippen molar-refractivity contribution in [3.63, 3.8) is 0 Å². The molecular formula is C11H21N3O. The monoisotopic (exact) mass is 211 g/mol. The van der Waals surface area contributed by atoms with Crippen molar-refractivity contribution in [1.82, 2.24) is 14.8 Å². The molecule has 0 aromatic carbocycles. The van der Waals surface area contributed by atoms with E-state index in [0.717, 1.165) is 12.8 Å². The Labute approximate surface area is 91.3 Å². The molecule has 0 radical (unpaired) electrons. The second-order valence-corrected chi connectivity index (χ2v) is 4.07. The lowest BCUT2D eigenvalue weighted by Gasteiger charge is -2.20. The van der Waals surface area contributed by atoms with Gasteiger partial charge in [-0.3, -0.25) is 0 Å². The maximum Gasteiger partial charge on any atom is 0.119 e. The molecule has 1 N–H and O–H groups in total. The lowest BCUT2D eigenvalue weighted by molar-refractivity contribution is 0.122. The maximum atomic E-state index is 9.66. The van der Waals surface area contributed by atoms with E-state index >= 15 is 0 Å². The molecule has 15 heavy (non-hydrogen) atoms. The van der Waals surface area contributed by atoms with Crippen LogP contribution in [-0.4, -0.2) is 26.0 Å². The Morgan fingerprint density at radius 1 is 1.20 bits per heavy atom. The smallest absolute Gasteiger partial charge is 0.119 e. The third kappa shape index (κ3) is 4.00. The van der Waals surface area contributed by atoms with Gasteiger partial charge in [-0.1, -0.05) is 32.6 Å². The average molecular weight is 211 g/mol. The molecule has 1 aromatic heterocycles. The van der Waals surface area contributed by atoms with Crippen LogP contribution in [0, 0.1) is 0 Å². The Morgan fingerprint density at radius 2 is 1.87 bits per heavy atom. The van der Waals surface area contributed by atoms with Gasteiger partial charge in [0.05, 0.1) is 12.1 Å². The Hall–Kier alpha value is -0.900. The number of rotatable bonds is 7. The first kappa shape index (κ1) is 12.2. The zero-order chi connectivity index (χ0) is 11.1. The van der Waals surface area contributed by atoms with Gasteiger partial charge in [0, 0.05) is 0 Å². The molecule has 0 aliphatic carbocycles. The predicted octanol–water partition coefficient (Wildman–Crippen LogP) is 2.17. The number of unbranched alkanes of at least 4 members (excludes halogenated alkanes) is 3. The molecule has 0 aliphatic heterocycles. The summed E-state index contributed by atoms with van der Waals surface area (Å²) in [6.07, 6.45) is 8.91. The molecule has 2 atom stereocenters. The van der Waals surface area contributed by atoms with Gasteiger partial charge in [-0.05, 0) is 13.3 Å². The van der Waals surface area contributed by atoms with Gasteiger partial charge in [0.2, 0.25) is 0 Å². The Bertz CT molecular complexity index is 246. The van der Waals surface area contributed by atoms with Crippen molar-refractivity contribution in [3.8, 4) is 0 Å². The van der Waals surface area contributed by atoms with Crippen molar-refractivity contribution in [3.05, 3.63) is 12.7 Å². The van der Waals surface area contributed by atoms with E-state index in [0.29, 0.717) is 0 Å². The van der Waals surface area contributed by atoms with Gasteiger partial charge in [-0.25, -0.2) is 0 Å². The van der Waals surface area contributed by atoms with Crippen molar-refractivity contribution in [1.29, 1.82) is 0 Å². The molecule has 1 aromatic rings. The van der Waals surface area contributed by atoms with E-state index < -0.39 is 0 Å². The topological polar surface area (TPSA) is 50.9 Å². The molecule has 4 nitrogen and oxygen atoms in total. The minimum Gasteiger partial charge on any atom is -0.391 e. The molecule has 1 heterocycles. The standard InChI is InChI=1S/C11H21N3O/c1-3-4-5-6-7-11(10(2)15)14-8-12-13-9-14/h8-11,15H,3-7H2,1-2H3/t10-,11+/m0/s1. The van der Waals surface area contributed by atoms with Crippen LogP contribution in [0.2, 0.25) is 0 Å². The molecule has 86 valence electrons. The van der Waals surface area contributed by atoms with E-state index in [1.807, 2.05) is 11.5 Å². The molecule has 1 rings (SSSR count). The summed E-state index contributed by atoms with van der Waals surface area (Å²) in [6.45, 7) is 4.02. The van der Waals surface area contributed by atoms with Gasteiger partial charge in [-0.2, -0.15) is 0 Å². The van der Waals surface area contributed by atoms with E-state index in [4.69, 9.17) is 0 Å². The van der Waals surface area contributed by atoms with Crippen LogP contribution in [0.15, 0.2) is 12.7 Å². The van der Waals surface area contributed by atoms with Crippen molar-refractivity contribution in [2.75, 3.05) is 0 Å². The molecule has 0 saturated carbocycles. The van der Waals surface area contributed by atoms with Crippen LogP contribution in [0.25, 0.3) is 0 Å². The van der Waals surface area contributed by atoms with Gasteiger partial charge in [0.1, 0.15) is 12.7 Å². The third-order valence-electron chi connectivity index (χ3n) is 2.73. The summed E-state index contributed by atoms with van der Waals surface area (Å²) in [4.78, 5) is 0. The Balaban J connectivity index is 2.39. The summed E-state index contributed by atoms with van der Waals surface area (Å²) in [7, 11) is 0. The molecule has 0 spiro atoms. The van der Waals surface area contributed by atoms with Gasteiger partial charge in [0.15, 0.2) is 0 Å². The summed E-state index contributed by atoms with van der Waals surface area (Å²) in [5.41, 5.74) is 0. The van der Waals surface area contributed by atoms with E-state index in [1.54, 1.807) is 12.7 Å². The Kier molecular flexibility index (Phi) is 5.32. The van der Waals surface area contributed by atoms with E-state index in [1.165, 1.54) is 19.3 Å². The fourth-order valence-corrected chi connectivity index (χ4v) is 1.80. The van der Waals surface area contributed by atoms with Crippen LogP contribution >= 0.6 is 0 Å². The van der Waals surface area contributed by atoms with Crippen LogP contribution in [0.3, 0.4) is 0 Å². The summed E-state index contributed by atoms with van der Waals surface area (Å²) in [5.74, 6) is 0. The number of aliphatic hydroxyl groups is 1. The molecule has 0 bridgehead atoms. The number of aromatic nitrogens is 3. The molecule has 0 unspecified atom stereocenters. The molecule has 4 heteroatoms. The second-order valence-electron chi connectivity index (χ2n) is 4.07. The molecule has 0 aliphatic rings. The highest BCUT2D eigenvalue weighted by Crippen LogP contribution is 2.19. The van der Waals surface area contributed by atoms with E-state index in [9.17, 15) is 5.11 Å². The highest BCUT2D eigenvalue weighted by atomic mass is 16.3. The average Bonchev–Trinajstić information content (AvgIpc) is 2.70. The van der Waals surface area contributed by atoms with Crippen LogP contribution in [0.4, 0.5) is 0 Å². The lowest BCUT2D eigenvalue weighted by atomic mass is 10.0. The van der Waals surface area contributed by atoms with Crippen molar-refractivity contribution in [2.24, 2.45) is 0 Å². The van der Waals surface area contributed by atoms with Gasteiger partial charge in [-0.15, -0.1) is 10.2 Å². The van der Waals surface area contributed by atoms with Crippen molar-refractivity contribution < 1.29 is 5.11 Å². The highest BCUT2D eigenvalue weighted by Gasteiger charge is 2.15. The molecule has 0 saturated heterocycles. The fourth-order valence-electron chi connectivity index (χ4n) is 1.80. The lowest BCUT2D eigenvalue weighted by Crippen LogP contribution is -2.20. The van der Waals surface area contributed by atoms with E-state index in [2.05, 4.69) is 17.1 Å².